The summed E-state index contributed by atoms with van der Waals surface area (Å²) in [4.78, 5) is 12.6. The summed E-state index contributed by atoms with van der Waals surface area (Å²) in [5.74, 6) is 0. The van der Waals surface area contributed by atoms with Crippen molar-refractivity contribution in [3.63, 3.8) is 0 Å². The molecule has 15 heavy (non-hydrogen) atoms. The standard InChI is InChI=1S/C11H14N2O2/c1-8-9-4-3-7-12(2)11(9)6-5-10(8)13(14)15/h5-6H,3-4,7H2,1-2H3. The Hall–Kier alpha value is -1.58. The van der Waals surface area contributed by atoms with Crippen LogP contribution >= 0.6 is 0 Å². The van der Waals surface area contributed by atoms with Crippen LogP contribution in [0, 0.1) is 17.0 Å². The van der Waals surface area contributed by atoms with Gasteiger partial charge >= 0.3 is 0 Å². The summed E-state index contributed by atoms with van der Waals surface area (Å²) in [6.07, 6.45) is 2.03. The molecule has 1 heterocycles. The fourth-order valence-corrected chi connectivity index (χ4v) is 2.21. The van der Waals surface area contributed by atoms with Crippen molar-refractivity contribution in [1.29, 1.82) is 0 Å². The van der Waals surface area contributed by atoms with Gasteiger partial charge in [-0.3, -0.25) is 10.1 Å². The van der Waals surface area contributed by atoms with Gasteiger partial charge in [-0.15, -0.1) is 0 Å². The van der Waals surface area contributed by atoms with E-state index in [4.69, 9.17) is 0 Å². The number of benzene rings is 1. The molecule has 1 aromatic rings. The van der Waals surface area contributed by atoms with Crippen molar-refractivity contribution in [3.8, 4) is 0 Å². The minimum Gasteiger partial charge on any atom is -0.374 e. The molecule has 0 saturated carbocycles. The number of fused-ring (bicyclic) bond motifs is 1. The third-order valence-corrected chi connectivity index (χ3v) is 3.07. The van der Waals surface area contributed by atoms with E-state index < -0.39 is 0 Å². The first-order valence-corrected chi connectivity index (χ1v) is 5.09. The second-order valence-electron chi connectivity index (χ2n) is 3.99. The summed E-state index contributed by atoms with van der Waals surface area (Å²) in [7, 11) is 2.03. The van der Waals surface area contributed by atoms with Crippen molar-refractivity contribution in [2.45, 2.75) is 19.8 Å². The lowest BCUT2D eigenvalue weighted by atomic mass is 9.96. The fraction of sp³-hybridized carbons (Fsp3) is 0.455. The molecule has 0 amide bonds. The first-order valence-electron chi connectivity index (χ1n) is 5.09. The van der Waals surface area contributed by atoms with Gasteiger partial charge in [0.15, 0.2) is 0 Å². The maximum absolute atomic E-state index is 10.8. The molecule has 0 fully saturated rings. The molecule has 0 aromatic heterocycles. The molecule has 1 aromatic carbocycles. The number of rotatable bonds is 1. The number of hydrogen-bond donors (Lipinski definition) is 0. The molecular weight excluding hydrogens is 192 g/mol. The van der Waals surface area contributed by atoms with Gasteiger partial charge in [-0.25, -0.2) is 0 Å². The highest BCUT2D eigenvalue weighted by atomic mass is 16.6. The predicted molar refractivity (Wildman–Crippen MR) is 59.4 cm³/mol. The van der Waals surface area contributed by atoms with Gasteiger partial charge in [0, 0.05) is 30.9 Å². The Morgan fingerprint density at radius 1 is 1.47 bits per heavy atom. The molecule has 0 bridgehead atoms. The molecule has 2 rings (SSSR count). The van der Waals surface area contributed by atoms with E-state index in [1.807, 2.05) is 20.0 Å². The average Bonchev–Trinajstić information content (AvgIpc) is 2.19. The van der Waals surface area contributed by atoms with E-state index in [0.717, 1.165) is 36.2 Å². The van der Waals surface area contributed by atoms with Gasteiger partial charge in [0.1, 0.15) is 0 Å². The monoisotopic (exact) mass is 206 g/mol. The van der Waals surface area contributed by atoms with Crippen molar-refractivity contribution in [1.82, 2.24) is 0 Å². The highest BCUT2D eigenvalue weighted by Crippen LogP contribution is 2.33. The minimum absolute atomic E-state index is 0.240. The number of nitro groups is 1. The van der Waals surface area contributed by atoms with Crippen molar-refractivity contribution in [2.24, 2.45) is 0 Å². The van der Waals surface area contributed by atoms with E-state index >= 15 is 0 Å². The Bertz CT molecular complexity index is 415. The highest BCUT2D eigenvalue weighted by Gasteiger charge is 2.21. The molecular formula is C11H14N2O2. The van der Waals surface area contributed by atoms with Crippen LogP contribution in [-0.2, 0) is 6.42 Å². The molecule has 4 nitrogen and oxygen atoms in total. The third-order valence-electron chi connectivity index (χ3n) is 3.07. The smallest absolute Gasteiger partial charge is 0.272 e. The van der Waals surface area contributed by atoms with Crippen molar-refractivity contribution >= 4 is 11.4 Å². The average molecular weight is 206 g/mol. The number of hydrogen-bond acceptors (Lipinski definition) is 3. The number of anilines is 1. The molecule has 0 spiro atoms. The normalized spacial score (nSPS) is 14.9. The Labute approximate surface area is 88.7 Å². The van der Waals surface area contributed by atoms with E-state index in [2.05, 4.69) is 4.90 Å². The Morgan fingerprint density at radius 3 is 2.87 bits per heavy atom. The molecule has 0 unspecified atom stereocenters. The van der Waals surface area contributed by atoms with E-state index in [1.54, 1.807) is 6.07 Å². The molecule has 4 heteroatoms. The lowest BCUT2D eigenvalue weighted by Gasteiger charge is -2.28. The maximum Gasteiger partial charge on any atom is 0.272 e. The quantitative estimate of drug-likeness (QED) is 0.523. The minimum atomic E-state index is -0.301. The first-order chi connectivity index (χ1) is 7.11. The zero-order chi connectivity index (χ0) is 11.0. The summed E-state index contributed by atoms with van der Waals surface area (Å²) in [6, 6.07) is 3.47. The molecule has 1 aliphatic rings. The van der Waals surface area contributed by atoms with E-state index in [9.17, 15) is 10.1 Å². The van der Waals surface area contributed by atoms with Crippen LogP contribution in [0.5, 0.6) is 0 Å². The largest absolute Gasteiger partial charge is 0.374 e. The van der Waals surface area contributed by atoms with Crippen LogP contribution < -0.4 is 4.90 Å². The Balaban J connectivity index is 2.57. The Morgan fingerprint density at radius 2 is 2.20 bits per heavy atom. The van der Waals surface area contributed by atoms with Gasteiger partial charge in [-0.05, 0) is 31.4 Å². The molecule has 0 saturated heterocycles. The predicted octanol–water partition coefficient (Wildman–Crippen LogP) is 2.29. The van der Waals surface area contributed by atoms with Crippen LogP contribution in [0.15, 0.2) is 12.1 Å². The zero-order valence-electron chi connectivity index (χ0n) is 8.99. The van der Waals surface area contributed by atoms with Crippen LogP contribution in [-0.4, -0.2) is 18.5 Å². The summed E-state index contributed by atoms with van der Waals surface area (Å²) in [5, 5.41) is 10.8. The second-order valence-corrected chi connectivity index (χ2v) is 3.99. The van der Waals surface area contributed by atoms with Crippen LogP contribution in [0.1, 0.15) is 17.5 Å². The molecule has 0 radical (unpaired) electrons. The highest BCUT2D eigenvalue weighted by molar-refractivity contribution is 5.63. The van der Waals surface area contributed by atoms with Crippen molar-refractivity contribution < 1.29 is 4.92 Å². The first kappa shape index (κ1) is 9.96. The summed E-state index contributed by atoms with van der Waals surface area (Å²) in [5.41, 5.74) is 3.34. The van der Waals surface area contributed by atoms with E-state index in [1.165, 1.54) is 0 Å². The third kappa shape index (κ3) is 1.56. The molecule has 0 atom stereocenters. The van der Waals surface area contributed by atoms with E-state index in [-0.39, 0.29) is 10.6 Å². The van der Waals surface area contributed by atoms with Gasteiger partial charge < -0.3 is 4.90 Å². The van der Waals surface area contributed by atoms with Gasteiger partial charge in [-0.2, -0.15) is 0 Å². The number of nitrogens with zero attached hydrogens (tertiary/aromatic N) is 2. The summed E-state index contributed by atoms with van der Waals surface area (Å²) in [6.45, 7) is 2.88. The Kier molecular flexibility index (Phi) is 2.34. The second kappa shape index (κ2) is 3.53. The zero-order valence-corrected chi connectivity index (χ0v) is 8.99. The topological polar surface area (TPSA) is 46.4 Å². The van der Waals surface area contributed by atoms with Crippen molar-refractivity contribution in [2.75, 3.05) is 18.5 Å². The SMILES string of the molecule is Cc1c([N+](=O)[O-])ccc2c1CCCN2C. The molecule has 1 aliphatic heterocycles. The van der Waals surface area contributed by atoms with Gasteiger partial charge in [0.25, 0.3) is 5.69 Å². The van der Waals surface area contributed by atoms with Gasteiger partial charge in [-0.1, -0.05) is 0 Å². The fourth-order valence-electron chi connectivity index (χ4n) is 2.21. The lowest BCUT2D eigenvalue weighted by Crippen LogP contribution is -2.25. The van der Waals surface area contributed by atoms with Crippen LogP contribution in [0.25, 0.3) is 0 Å². The molecule has 0 aliphatic carbocycles. The van der Waals surface area contributed by atoms with Gasteiger partial charge in [0.05, 0.1) is 4.92 Å². The molecule has 0 N–H and O–H groups in total. The number of nitro benzene ring substituents is 1. The van der Waals surface area contributed by atoms with Crippen LogP contribution in [0.3, 0.4) is 0 Å². The van der Waals surface area contributed by atoms with Crippen LogP contribution in [0.4, 0.5) is 11.4 Å². The van der Waals surface area contributed by atoms with Gasteiger partial charge in [0.2, 0.25) is 0 Å². The summed E-state index contributed by atoms with van der Waals surface area (Å²) < 4.78 is 0. The lowest BCUT2D eigenvalue weighted by molar-refractivity contribution is -0.385. The molecule has 80 valence electrons. The maximum atomic E-state index is 10.8. The van der Waals surface area contributed by atoms with E-state index in [0.29, 0.717) is 0 Å². The van der Waals surface area contributed by atoms with Crippen molar-refractivity contribution in [3.05, 3.63) is 33.4 Å². The summed E-state index contributed by atoms with van der Waals surface area (Å²) >= 11 is 0. The van der Waals surface area contributed by atoms with Crippen LogP contribution in [0.2, 0.25) is 0 Å².